The Morgan fingerprint density at radius 2 is 1.89 bits per heavy atom. The fraction of sp³-hybridized carbons (Fsp3) is 0.0714. The van der Waals surface area contributed by atoms with Crippen LogP contribution in [0.5, 0.6) is 11.5 Å². The Bertz CT molecular complexity index is 637. The lowest BCUT2D eigenvalue weighted by molar-refractivity contribution is 0.0696. The van der Waals surface area contributed by atoms with E-state index >= 15 is 0 Å². The highest BCUT2D eigenvalue weighted by Crippen LogP contribution is 2.33. The van der Waals surface area contributed by atoms with Crippen LogP contribution in [0.1, 0.15) is 10.4 Å². The van der Waals surface area contributed by atoms with E-state index in [1.165, 1.54) is 37.4 Å². The summed E-state index contributed by atoms with van der Waals surface area (Å²) in [4.78, 5) is 10.8. The molecular formula is C14H11FO4. The highest BCUT2D eigenvalue weighted by atomic mass is 19.1. The second-order valence-corrected chi connectivity index (χ2v) is 3.88. The minimum Gasteiger partial charge on any atom is -0.507 e. The molecule has 0 aromatic heterocycles. The molecular weight excluding hydrogens is 251 g/mol. The molecule has 0 heterocycles. The molecule has 0 aliphatic rings. The van der Waals surface area contributed by atoms with Gasteiger partial charge in [-0.2, -0.15) is 0 Å². The van der Waals surface area contributed by atoms with Crippen LogP contribution in [-0.2, 0) is 0 Å². The number of rotatable bonds is 3. The summed E-state index contributed by atoms with van der Waals surface area (Å²) in [7, 11) is 1.45. The third kappa shape index (κ3) is 2.49. The number of phenolic OH excluding ortho intramolecular Hbond substituents is 1. The van der Waals surface area contributed by atoms with Crippen molar-refractivity contribution < 1.29 is 24.1 Å². The van der Waals surface area contributed by atoms with Gasteiger partial charge in [-0.15, -0.1) is 0 Å². The smallest absolute Gasteiger partial charge is 0.335 e. The first-order valence-corrected chi connectivity index (χ1v) is 5.43. The van der Waals surface area contributed by atoms with Crippen LogP contribution in [0.4, 0.5) is 4.39 Å². The fourth-order valence-electron chi connectivity index (χ4n) is 1.73. The van der Waals surface area contributed by atoms with Gasteiger partial charge in [0, 0.05) is 11.1 Å². The standard InChI is InChI=1S/C14H11FO4/c1-19-9-3-5-12(15)11(7-9)10-4-2-8(14(17)18)6-13(10)16/h2-7,16H,1H3,(H,17,18). The number of aromatic carboxylic acids is 1. The van der Waals surface area contributed by atoms with Crippen molar-refractivity contribution in [2.45, 2.75) is 0 Å². The molecule has 2 rings (SSSR count). The third-order valence-electron chi connectivity index (χ3n) is 2.71. The van der Waals surface area contributed by atoms with E-state index in [4.69, 9.17) is 9.84 Å². The largest absolute Gasteiger partial charge is 0.507 e. The first-order valence-electron chi connectivity index (χ1n) is 5.43. The van der Waals surface area contributed by atoms with Gasteiger partial charge >= 0.3 is 5.97 Å². The Labute approximate surface area is 108 Å². The van der Waals surface area contributed by atoms with E-state index in [-0.39, 0.29) is 22.4 Å². The summed E-state index contributed by atoms with van der Waals surface area (Å²) in [5.74, 6) is -1.54. The summed E-state index contributed by atoms with van der Waals surface area (Å²) in [5, 5.41) is 18.6. The summed E-state index contributed by atoms with van der Waals surface area (Å²) >= 11 is 0. The molecule has 0 aliphatic heterocycles. The van der Waals surface area contributed by atoms with Crippen molar-refractivity contribution in [3.8, 4) is 22.6 Å². The first-order chi connectivity index (χ1) is 9.02. The Balaban J connectivity index is 2.56. The minimum atomic E-state index is -1.16. The Kier molecular flexibility index (Phi) is 3.37. The number of benzene rings is 2. The maximum atomic E-state index is 13.7. The number of methoxy groups -OCH3 is 1. The molecule has 0 saturated carbocycles. The number of carbonyl (C=O) groups is 1. The Morgan fingerprint density at radius 1 is 1.16 bits per heavy atom. The molecule has 0 fully saturated rings. The molecule has 2 aromatic carbocycles. The zero-order chi connectivity index (χ0) is 14.0. The van der Waals surface area contributed by atoms with Crippen molar-refractivity contribution in [2.75, 3.05) is 7.11 Å². The molecule has 4 nitrogen and oxygen atoms in total. The van der Waals surface area contributed by atoms with Crippen molar-refractivity contribution >= 4 is 5.97 Å². The van der Waals surface area contributed by atoms with E-state index in [1.807, 2.05) is 0 Å². The predicted octanol–water partition coefficient (Wildman–Crippen LogP) is 2.91. The molecule has 0 aliphatic carbocycles. The van der Waals surface area contributed by atoms with Gasteiger partial charge in [-0.05, 0) is 36.4 Å². The molecule has 5 heteroatoms. The number of phenols is 1. The Hall–Kier alpha value is -2.56. The molecule has 98 valence electrons. The number of carboxylic acid groups (broad SMARTS) is 1. The number of halogens is 1. The van der Waals surface area contributed by atoms with Crippen LogP contribution in [-0.4, -0.2) is 23.3 Å². The molecule has 19 heavy (non-hydrogen) atoms. The molecule has 0 saturated heterocycles. The average molecular weight is 262 g/mol. The van der Waals surface area contributed by atoms with Gasteiger partial charge in [-0.25, -0.2) is 9.18 Å². The summed E-state index contributed by atoms with van der Waals surface area (Å²) in [6.07, 6.45) is 0. The van der Waals surface area contributed by atoms with Gasteiger partial charge in [0.25, 0.3) is 0 Å². The van der Waals surface area contributed by atoms with Gasteiger partial charge in [-0.1, -0.05) is 0 Å². The minimum absolute atomic E-state index is 0.0652. The predicted molar refractivity (Wildman–Crippen MR) is 67.0 cm³/mol. The van der Waals surface area contributed by atoms with E-state index in [2.05, 4.69) is 0 Å². The van der Waals surface area contributed by atoms with Gasteiger partial charge in [0.2, 0.25) is 0 Å². The first kappa shape index (κ1) is 12.9. The van der Waals surface area contributed by atoms with Crippen LogP contribution in [0.3, 0.4) is 0 Å². The van der Waals surface area contributed by atoms with Gasteiger partial charge in [0.05, 0.1) is 12.7 Å². The van der Waals surface area contributed by atoms with Gasteiger partial charge in [0.15, 0.2) is 0 Å². The van der Waals surface area contributed by atoms with Gasteiger partial charge in [0.1, 0.15) is 17.3 Å². The monoisotopic (exact) mass is 262 g/mol. The van der Waals surface area contributed by atoms with Crippen molar-refractivity contribution in [3.63, 3.8) is 0 Å². The molecule has 0 spiro atoms. The lowest BCUT2D eigenvalue weighted by Gasteiger charge is -2.09. The Morgan fingerprint density at radius 3 is 2.47 bits per heavy atom. The molecule has 0 amide bonds. The number of ether oxygens (including phenoxy) is 1. The summed E-state index contributed by atoms with van der Waals surface area (Å²) < 4.78 is 18.7. The van der Waals surface area contributed by atoms with Crippen molar-refractivity contribution in [2.24, 2.45) is 0 Å². The van der Waals surface area contributed by atoms with Crippen LogP contribution in [0, 0.1) is 5.82 Å². The van der Waals surface area contributed by atoms with E-state index in [0.29, 0.717) is 5.75 Å². The average Bonchev–Trinajstić information content (AvgIpc) is 2.39. The molecule has 2 N–H and O–H groups in total. The second-order valence-electron chi connectivity index (χ2n) is 3.88. The SMILES string of the molecule is COc1ccc(F)c(-c2ccc(C(=O)O)cc2O)c1. The summed E-state index contributed by atoms with van der Waals surface area (Å²) in [6.45, 7) is 0. The number of carboxylic acids is 1. The molecule has 2 aromatic rings. The van der Waals surface area contributed by atoms with E-state index in [1.54, 1.807) is 0 Å². The van der Waals surface area contributed by atoms with Crippen molar-refractivity contribution in [3.05, 3.63) is 47.8 Å². The van der Waals surface area contributed by atoms with Crippen LogP contribution >= 0.6 is 0 Å². The maximum Gasteiger partial charge on any atom is 0.335 e. The quantitative estimate of drug-likeness (QED) is 0.892. The van der Waals surface area contributed by atoms with Crippen molar-refractivity contribution in [1.29, 1.82) is 0 Å². The molecule has 0 atom stereocenters. The van der Waals surface area contributed by atoms with Crippen molar-refractivity contribution in [1.82, 2.24) is 0 Å². The third-order valence-corrected chi connectivity index (χ3v) is 2.71. The highest BCUT2D eigenvalue weighted by Gasteiger charge is 2.13. The topological polar surface area (TPSA) is 66.8 Å². The zero-order valence-electron chi connectivity index (χ0n) is 10.1. The maximum absolute atomic E-state index is 13.7. The molecule has 0 radical (unpaired) electrons. The normalized spacial score (nSPS) is 10.2. The van der Waals surface area contributed by atoms with Gasteiger partial charge in [-0.3, -0.25) is 0 Å². The molecule has 0 bridgehead atoms. The zero-order valence-corrected chi connectivity index (χ0v) is 10.1. The number of hydrogen-bond acceptors (Lipinski definition) is 3. The summed E-state index contributed by atoms with van der Waals surface area (Å²) in [6, 6.07) is 7.86. The lowest BCUT2D eigenvalue weighted by atomic mass is 10.0. The second kappa shape index (κ2) is 4.97. The van der Waals surface area contributed by atoms with Gasteiger partial charge < -0.3 is 14.9 Å². The highest BCUT2D eigenvalue weighted by molar-refractivity contribution is 5.89. The lowest BCUT2D eigenvalue weighted by Crippen LogP contribution is -1.96. The number of hydrogen-bond donors (Lipinski definition) is 2. The van der Waals surface area contributed by atoms with Crippen LogP contribution < -0.4 is 4.74 Å². The van der Waals surface area contributed by atoms with E-state index in [0.717, 1.165) is 6.07 Å². The molecule has 0 unspecified atom stereocenters. The number of aromatic hydroxyl groups is 1. The summed E-state index contributed by atoms with van der Waals surface area (Å²) in [5.41, 5.74) is 0.291. The van der Waals surface area contributed by atoms with Crippen LogP contribution in [0.2, 0.25) is 0 Å². The van der Waals surface area contributed by atoms with Crippen LogP contribution in [0.25, 0.3) is 11.1 Å². The van der Waals surface area contributed by atoms with Crippen LogP contribution in [0.15, 0.2) is 36.4 Å². The van der Waals surface area contributed by atoms with E-state index in [9.17, 15) is 14.3 Å². The van der Waals surface area contributed by atoms with E-state index < -0.39 is 11.8 Å². The fourth-order valence-corrected chi connectivity index (χ4v) is 1.73.